The number of nitrogens with zero attached hydrogens (tertiary/aromatic N) is 1. The van der Waals surface area contributed by atoms with Crippen molar-refractivity contribution in [2.75, 3.05) is 26.7 Å². The molecule has 0 saturated carbocycles. The molecule has 1 aromatic carbocycles. The lowest BCUT2D eigenvalue weighted by Gasteiger charge is -2.17. The van der Waals surface area contributed by atoms with Crippen LogP contribution in [0.4, 0.5) is 0 Å². The number of nitrogens with one attached hydrogen (secondary N) is 1. The lowest BCUT2D eigenvalue weighted by atomic mass is 10.1. The van der Waals surface area contributed by atoms with Crippen LogP contribution < -0.4 is 5.32 Å². The zero-order chi connectivity index (χ0) is 14.0. The van der Waals surface area contributed by atoms with Crippen molar-refractivity contribution < 1.29 is 8.42 Å². The summed E-state index contributed by atoms with van der Waals surface area (Å²) in [5.74, 6) is 0.406. The van der Waals surface area contributed by atoms with E-state index in [0.717, 1.165) is 18.5 Å². The van der Waals surface area contributed by atoms with Crippen LogP contribution in [0.5, 0.6) is 0 Å². The molecule has 1 aromatic rings. The van der Waals surface area contributed by atoms with E-state index < -0.39 is 10.0 Å². The van der Waals surface area contributed by atoms with Gasteiger partial charge in [-0.3, -0.25) is 0 Å². The molecular weight excluding hydrogens is 328 g/mol. The van der Waals surface area contributed by atoms with Gasteiger partial charge in [-0.2, -0.15) is 4.31 Å². The van der Waals surface area contributed by atoms with Gasteiger partial charge < -0.3 is 5.32 Å². The van der Waals surface area contributed by atoms with Gasteiger partial charge in [0.25, 0.3) is 0 Å². The second kappa shape index (κ2) is 5.91. The van der Waals surface area contributed by atoms with Gasteiger partial charge in [-0.25, -0.2) is 8.42 Å². The largest absolute Gasteiger partial charge is 0.319 e. The molecule has 1 fully saturated rings. The van der Waals surface area contributed by atoms with Crippen LogP contribution in [0, 0.1) is 12.8 Å². The number of rotatable bonds is 4. The average molecular weight is 347 g/mol. The lowest BCUT2D eigenvalue weighted by Crippen LogP contribution is -2.30. The fourth-order valence-corrected chi connectivity index (χ4v) is 5.11. The molecular formula is C13H19BrN2O2S. The van der Waals surface area contributed by atoms with E-state index in [2.05, 4.69) is 21.2 Å². The highest BCUT2D eigenvalue weighted by molar-refractivity contribution is 9.10. The molecule has 0 amide bonds. The molecule has 0 spiro atoms. The Balaban J connectivity index is 2.23. The molecule has 4 nitrogen and oxygen atoms in total. The number of aryl methyl sites for hydroxylation is 1. The maximum Gasteiger partial charge on any atom is 0.244 e. The van der Waals surface area contributed by atoms with Crippen molar-refractivity contribution in [3.8, 4) is 0 Å². The molecule has 0 aliphatic carbocycles. The topological polar surface area (TPSA) is 49.4 Å². The molecule has 1 atom stereocenters. The van der Waals surface area contributed by atoms with Gasteiger partial charge in [0, 0.05) is 17.6 Å². The zero-order valence-electron chi connectivity index (χ0n) is 11.2. The fourth-order valence-electron chi connectivity index (χ4n) is 2.42. The highest BCUT2D eigenvalue weighted by Crippen LogP contribution is 2.29. The van der Waals surface area contributed by atoms with Crippen molar-refractivity contribution in [3.63, 3.8) is 0 Å². The molecule has 0 bridgehead atoms. The molecule has 1 N–H and O–H groups in total. The quantitative estimate of drug-likeness (QED) is 0.906. The summed E-state index contributed by atoms with van der Waals surface area (Å²) in [5.41, 5.74) is 1.04. The standard InChI is InChI=1S/C13H19BrN2O2S/c1-10-3-4-13(12(14)7-10)19(17,18)16-6-5-11(9-16)8-15-2/h3-4,7,11,15H,5-6,8-9H2,1-2H3. The minimum atomic E-state index is -3.38. The normalized spacial score (nSPS) is 20.9. The molecule has 2 rings (SSSR count). The third-order valence-corrected chi connectivity index (χ3v) is 6.29. The number of hydrogen-bond donors (Lipinski definition) is 1. The van der Waals surface area contributed by atoms with Gasteiger partial charge in [0.1, 0.15) is 0 Å². The van der Waals surface area contributed by atoms with Crippen LogP contribution >= 0.6 is 15.9 Å². The predicted octanol–water partition coefficient (Wildman–Crippen LogP) is 1.99. The van der Waals surface area contributed by atoms with Crippen molar-refractivity contribution in [2.45, 2.75) is 18.2 Å². The molecule has 1 aliphatic rings. The van der Waals surface area contributed by atoms with E-state index in [-0.39, 0.29) is 0 Å². The Morgan fingerprint density at radius 3 is 2.84 bits per heavy atom. The lowest BCUT2D eigenvalue weighted by molar-refractivity contribution is 0.451. The zero-order valence-corrected chi connectivity index (χ0v) is 13.6. The Kier molecular flexibility index (Phi) is 4.66. The Labute approximate surface area is 123 Å². The third-order valence-electron chi connectivity index (χ3n) is 3.45. The van der Waals surface area contributed by atoms with E-state index in [1.807, 2.05) is 26.1 Å². The molecule has 0 aromatic heterocycles. The first-order chi connectivity index (χ1) is 8.95. The van der Waals surface area contributed by atoms with Crippen LogP contribution in [0.1, 0.15) is 12.0 Å². The van der Waals surface area contributed by atoms with Crippen LogP contribution in [-0.4, -0.2) is 39.4 Å². The molecule has 0 radical (unpaired) electrons. The first-order valence-corrected chi connectivity index (χ1v) is 8.59. The predicted molar refractivity (Wildman–Crippen MR) is 79.7 cm³/mol. The average Bonchev–Trinajstić information content (AvgIpc) is 2.78. The third kappa shape index (κ3) is 3.18. The summed E-state index contributed by atoms with van der Waals surface area (Å²) in [5, 5.41) is 3.11. The number of hydrogen-bond acceptors (Lipinski definition) is 3. The molecule has 6 heteroatoms. The van der Waals surface area contributed by atoms with Crippen molar-refractivity contribution >= 4 is 26.0 Å². The van der Waals surface area contributed by atoms with Gasteiger partial charge in [-0.1, -0.05) is 6.07 Å². The Bertz CT molecular complexity index is 560. The number of benzene rings is 1. The molecule has 1 heterocycles. The minimum Gasteiger partial charge on any atom is -0.319 e. The van der Waals surface area contributed by atoms with Gasteiger partial charge in [0.05, 0.1) is 4.90 Å². The Morgan fingerprint density at radius 2 is 2.21 bits per heavy atom. The highest BCUT2D eigenvalue weighted by Gasteiger charge is 2.33. The van der Waals surface area contributed by atoms with E-state index in [4.69, 9.17) is 0 Å². The van der Waals surface area contributed by atoms with Crippen molar-refractivity contribution in [1.82, 2.24) is 9.62 Å². The fraction of sp³-hybridized carbons (Fsp3) is 0.538. The van der Waals surface area contributed by atoms with Gasteiger partial charge in [0.2, 0.25) is 10.0 Å². The summed E-state index contributed by atoms with van der Waals surface area (Å²) in [7, 11) is -1.48. The van der Waals surface area contributed by atoms with E-state index in [0.29, 0.717) is 28.4 Å². The van der Waals surface area contributed by atoms with Crippen LogP contribution in [0.25, 0.3) is 0 Å². The van der Waals surface area contributed by atoms with E-state index in [9.17, 15) is 8.42 Å². The summed E-state index contributed by atoms with van der Waals surface area (Å²) >= 11 is 3.36. The van der Waals surface area contributed by atoms with Crippen LogP contribution in [0.3, 0.4) is 0 Å². The summed E-state index contributed by atoms with van der Waals surface area (Å²) in [6.45, 7) is 4.01. The van der Waals surface area contributed by atoms with E-state index in [1.54, 1.807) is 10.4 Å². The van der Waals surface area contributed by atoms with E-state index in [1.165, 1.54) is 0 Å². The van der Waals surface area contributed by atoms with Crippen molar-refractivity contribution in [1.29, 1.82) is 0 Å². The molecule has 106 valence electrons. The van der Waals surface area contributed by atoms with Crippen LogP contribution in [-0.2, 0) is 10.0 Å². The smallest absolute Gasteiger partial charge is 0.244 e. The monoisotopic (exact) mass is 346 g/mol. The summed E-state index contributed by atoms with van der Waals surface area (Å²) in [4.78, 5) is 0.364. The first-order valence-electron chi connectivity index (χ1n) is 6.36. The molecule has 19 heavy (non-hydrogen) atoms. The summed E-state index contributed by atoms with van der Waals surface area (Å²) in [6, 6.07) is 5.35. The summed E-state index contributed by atoms with van der Waals surface area (Å²) in [6.07, 6.45) is 0.920. The van der Waals surface area contributed by atoms with Crippen molar-refractivity contribution in [3.05, 3.63) is 28.2 Å². The minimum absolute atomic E-state index is 0.364. The van der Waals surface area contributed by atoms with E-state index >= 15 is 0 Å². The second-order valence-electron chi connectivity index (χ2n) is 5.01. The maximum atomic E-state index is 12.6. The number of sulfonamides is 1. The van der Waals surface area contributed by atoms with Gasteiger partial charge in [-0.05, 0) is 66.5 Å². The van der Waals surface area contributed by atoms with Gasteiger partial charge in [-0.15, -0.1) is 0 Å². The van der Waals surface area contributed by atoms with Crippen LogP contribution in [0.2, 0.25) is 0 Å². The van der Waals surface area contributed by atoms with Crippen LogP contribution in [0.15, 0.2) is 27.6 Å². The Morgan fingerprint density at radius 1 is 1.47 bits per heavy atom. The SMILES string of the molecule is CNCC1CCN(S(=O)(=O)c2ccc(C)cc2Br)C1. The molecule has 1 saturated heterocycles. The highest BCUT2D eigenvalue weighted by atomic mass is 79.9. The van der Waals surface area contributed by atoms with Gasteiger partial charge in [0.15, 0.2) is 0 Å². The number of halogens is 1. The molecule has 1 aliphatic heterocycles. The molecule has 1 unspecified atom stereocenters. The maximum absolute atomic E-state index is 12.6. The first kappa shape index (κ1) is 15.0. The Hall–Kier alpha value is -0.430. The second-order valence-corrected chi connectivity index (χ2v) is 7.77. The van der Waals surface area contributed by atoms with Crippen molar-refractivity contribution in [2.24, 2.45) is 5.92 Å². The summed E-state index contributed by atoms with van der Waals surface area (Å²) < 4.78 is 27.4. The van der Waals surface area contributed by atoms with Gasteiger partial charge >= 0.3 is 0 Å².